The van der Waals surface area contributed by atoms with Gasteiger partial charge in [-0.15, -0.1) is 0 Å². The highest BCUT2D eigenvalue weighted by Crippen LogP contribution is 2.63. The van der Waals surface area contributed by atoms with E-state index in [1.807, 2.05) is 0 Å². The lowest BCUT2D eigenvalue weighted by molar-refractivity contribution is -0.192. The van der Waals surface area contributed by atoms with E-state index in [2.05, 4.69) is 6.07 Å². The fourth-order valence-electron chi connectivity index (χ4n) is 6.96. The number of aliphatic carboxylic acids is 1. The number of rotatable bonds is 2. The van der Waals surface area contributed by atoms with Gasteiger partial charge >= 0.3 is 12.1 Å². The summed E-state index contributed by atoms with van der Waals surface area (Å²) in [5.41, 5.74) is 5.71. The van der Waals surface area contributed by atoms with Gasteiger partial charge in [-0.05, 0) is 74.5 Å². The van der Waals surface area contributed by atoms with Gasteiger partial charge in [0.1, 0.15) is 6.04 Å². The molecule has 5 saturated carbocycles. The van der Waals surface area contributed by atoms with Crippen LogP contribution in [0.1, 0.15) is 51.4 Å². The maximum absolute atomic E-state index is 13.1. The molecule has 6 fully saturated rings. The lowest BCUT2D eigenvalue weighted by atomic mass is 9.46. The largest absolute Gasteiger partial charge is 0.490 e. The second-order valence-electron chi connectivity index (χ2n) is 10.0. The number of carbonyl (C=O) groups excluding carboxylic acids is 1. The van der Waals surface area contributed by atoms with E-state index >= 15 is 0 Å². The molecule has 1 amide bonds. The average molecular weight is 429 g/mol. The Labute approximate surface area is 172 Å². The second kappa shape index (κ2) is 6.82. The molecular weight excluding hydrogens is 403 g/mol. The van der Waals surface area contributed by atoms with E-state index in [0.717, 1.165) is 38.5 Å². The number of carbonyl (C=O) groups is 2. The topological polar surface area (TPSA) is 128 Å². The molecule has 5 aliphatic carbocycles. The van der Waals surface area contributed by atoms with Crippen LogP contribution in [0.25, 0.3) is 0 Å². The number of hydrogen-bond acceptors (Lipinski definition) is 5. The summed E-state index contributed by atoms with van der Waals surface area (Å²) in [5.74, 6) is -1.20. The van der Waals surface area contributed by atoms with Crippen molar-refractivity contribution in [2.45, 2.75) is 81.3 Å². The first-order chi connectivity index (χ1) is 13.9. The van der Waals surface area contributed by atoms with Crippen LogP contribution >= 0.6 is 0 Å². The third-order valence-electron chi connectivity index (χ3n) is 7.75. The molecule has 0 aromatic rings. The van der Waals surface area contributed by atoms with Crippen LogP contribution in [-0.2, 0) is 9.59 Å². The van der Waals surface area contributed by atoms with Crippen LogP contribution in [-0.4, -0.2) is 56.9 Å². The lowest BCUT2D eigenvalue weighted by Gasteiger charge is -2.61. The van der Waals surface area contributed by atoms with Crippen LogP contribution in [0, 0.1) is 34.5 Å². The van der Waals surface area contributed by atoms with Gasteiger partial charge in [-0.1, -0.05) is 0 Å². The quantitative estimate of drug-likeness (QED) is 0.614. The number of alkyl halides is 3. The Kier molecular flexibility index (Phi) is 4.86. The number of fused-ring (bicyclic) bond motifs is 1. The van der Waals surface area contributed by atoms with Crippen LogP contribution in [0.2, 0.25) is 0 Å². The second-order valence-corrected chi connectivity index (χ2v) is 10.0. The van der Waals surface area contributed by atoms with Gasteiger partial charge in [0.25, 0.3) is 0 Å². The third-order valence-corrected chi connectivity index (χ3v) is 7.75. The first-order valence-corrected chi connectivity index (χ1v) is 10.4. The van der Waals surface area contributed by atoms with Crippen molar-refractivity contribution in [2.75, 3.05) is 0 Å². The summed E-state index contributed by atoms with van der Waals surface area (Å²) >= 11 is 0. The van der Waals surface area contributed by atoms with E-state index in [0.29, 0.717) is 24.2 Å². The number of likely N-dealkylation sites (tertiary alicyclic amines) is 1. The van der Waals surface area contributed by atoms with Crippen molar-refractivity contribution < 1.29 is 33.0 Å². The Morgan fingerprint density at radius 1 is 1.13 bits per heavy atom. The third kappa shape index (κ3) is 3.56. The summed E-state index contributed by atoms with van der Waals surface area (Å²) in [6, 6.07) is 1.72. The molecule has 7 nitrogen and oxygen atoms in total. The van der Waals surface area contributed by atoms with E-state index in [-0.39, 0.29) is 23.4 Å². The molecular formula is C20H26F3N3O4. The van der Waals surface area contributed by atoms with Crippen molar-refractivity contribution in [3.8, 4) is 6.07 Å². The minimum absolute atomic E-state index is 0.0212. The normalized spacial score (nSPS) is 43.9. The summed E-state index contributed by atoms with van der Waals surface area (Å²) in [5, 5.41) is 27.4. The smallest absolute Gasteiger partial charge is 0.475 e. The van der Waals surface area contributed by atoms with Crippen molar-refractivity contribution in [1.82, 2.24) is 4.90 Å². The van der Waals surface area contributed by atoms with Crippen LogP contribution < -0.4 is 5.73 Å². The molecule has 2 unspecified atom stereocenters. The molecule has 1 heterocycles. The van der Waals surface area contributed by atoms with Gasteiger partial charge in [-0.2, -0.15) is 18.4 Å². The molecule has 166 valence electrons. The molecule has 0 spiro atoms. The minimum atomic E-state index is -5.08. The summed E-state index contributed by atoms with van der Waals surface area (Å²) in [4.78, 5) is 23.8. The van der Waals surface area contributed by atoms with Gasteiger partial charge in [0.05, 0.1) is 17.7 Å². The maximum atomic E-state index is 13.1. The molecule has 1 saturated heterocycles. The van der Waals surface area contributed by atoms with Crippen LogP contribution in [0.3, 0.4) is 0 Å². The maximum Gasteiger partial charge on any atom is 0.490 e. The zero-order valence-corrected chi connectivity index (χ0v) is 16.4. The van der Waals surface area contributed by atoms with Crippen LogP contribution in [0.5, 0.6) is 0 Å². The van der Waals surface area contributed by atoms with Gasteiger partial charge in [0.15, 0.2) is 0 Å². The van der Waals surface area contributed by atoms with Gasteiger partial charge in [-0.25, -0.2) is 4.79 Å². The fraction of sp³-hybridized carbons (Fsp3) is 0.850. The molecule has 0 aromatic heterocycles. The van der Waals surface area contributed by atoms with E-state index in [4.69, 9.17) is 15.6 Å². The summed E-state index contributed by atoms with van der Waals surface area (Å²) in [6.07, 6.45) is 2.40. The number of nitrogens with two attached hydrogens (primary N) is 1. The van der Waals surface area contributed by atoms with Crippen molar-refractivity contribution in [2.24, 2.45) is 28.9 Å². The highest BCUT2D eigenvalue weighted by atomic mass is 19.4. The molecule has 30 heavy (non-hydrogen) atoms. The summed E-state index contributed by atoms with van der Waals surface area (Å²) < 4.78 is 31.7. The molecule has 6 rings (SSSR count). The number of halogens is 3. The molecule has 4 N–H and O–H groups in total. The van der Waals surface area contributed by atoms with Gasteiger partial charge in [0.2, 0.25) is 5.91 Å². The van der Waals surface area contributed by atoms with E-state index in [1.165, 1.54) is 6.42 Å². The molecule has 0 aromatic carbocycles. The van der Waals surface area contributed by atoms with Crippen molar-refractivity contribution >= 4 is 11.9 Å². The van der Waals surface area contributed by atoms with Gasteiger partial charge in [-0.3, -0.25) is 4.79 Å². The van der Waals surface area contributed by atoms with Crippen molar-refractivity contribution in [3.63, 3.8) is 0 Å². The first kappa shape index (κ1) is 21.4. The first-order valence-electron chi connectivity index (χ1n) is 10.4. The van der Waals surface area contributed by atoms with E-state index in [9.17, 15) is 28.3 Å². The molecule has 1 aliphatic heterocycles. The lowest BCUT2D eigenvalue weighted by Crippen LogP contribution is -2.64. The number of carboxylic acids is 1. The average Bonchev–Trinajstić information content (AvgIpc) is 3.28. The Morgan fingerprint density at radius 2 is 1.70 bits per heavy atom. The number of hydrogen-bond donors (Lipinski definition) is 3. The molecule has 6 aliphatic rings. The van der Waals surface area contributed by atoms with Gasteiger partial charge in [0, 0.05) is 6.04 Å². The van der Waals surface area contributed by atoms with Crippen molar-refractivity contribution in [3.05, 3.63) is 0 Å². The van der Waals surface area contributed by atoms with Crippen molar-refractivity contribution in [1.29, 1.82) is 5.26 Å². The predicted molar refractivity (Wildman–Crippen MR) is 96.5 cm³/mol. The van der Waals surface area contributed by atoms with Crippen LogP contribution in [0.4, 0.5) is 13.2 Å². The number of nitriles is 1. The number of nitrogens with zero attached hydrogens (tertiary/aromatic N) is 2. The highest BCUT2D eigenvalue weighted by molar-refractivity contribution is 5.84. The molecule has 0 radical (unpaired) electrons. The Hall–Kier alpha value is -1.86. The Morgan fingerprint density at radius 3 is 2.17 bits per heavy atom. The predicted octanol–water partition coefficient (Wildman–Crippen LogP) is 1.79. The van der Waals surface area contributed by atoms with E-state index < -0.39 is 23.8 Å². The number of aliphatic hydroxyl groups is 1. The number of carboxylic acid groups (broad SMARTS) is 1. The SMILES string of the molecule is N#C[C@@H]1C[C@@H]2C[C@@H]2N1C(=O)[C@@H](N)C12CC3CC(CC(O)(C3)C1)C2.O=C(O)C(F)(F)F. The summed E-state index contributed by atoms with van der Waals surface area (Å²) in [6.45, 7) is 0. The van der Waals surface area contributed by atoms with Crippen LogP contribution in [0.15, 0.2) is 0 Å². The number of amides is 1. The Balaban J connectivity index is 0.000000272. The molecule has 6 atom stereocenters. The van der Waals surface area contributed by atoms with E-state index in [1.54, 1.807) is 4.90 Å². The number of piperidine rings is 1. The Bertz CT molecular complexity index is 781. The molecule has 4 bridgehead atoms. The summed E-state index contributed by atoms with van der Waals surface area (Å²) in [7, 11) is 0. The minimum Gasteiger partial charge on any atom is -0.475 e. The highest BCUT2D eigenvalue weighted by Gasteiger charge is 2.62. The fourth-order valence-corrected chi connectivity index (χ4v) is 6.96. The zero-order chi connectivity index (χ0) is 22.1. The van der Waals surface area contributed by atoms with Gasteiger partial charge < -0.3 is 20.8 Å². The zero-order valence-electron chi connectivity index (χ0n) is 16.4. The monoisotopic (exact) mass is 429 g/mol. The molecule has 10 heteroatoms. The standard InChI is InChI=1S/C18H25N3O2.C2HF3O2/c19-8-13-2-12-3-14(12)21(13)16(22)15(20)17-4-10-1-11(5-17)7-18(23,6-10)9-17;3-2(4,5)1(6)7/h10-15,23H,1-7,9,20H2;(H,6,7)/t10?,11?,12-,13+,14+,15-,17?,18?;/m1./s1.